The van der Waals surface area contributed by atoms with Gasteiger partial charge in [0.2, 0.25) is 0 Å². The molecular weight excluding hydrogens is 176 g/mol. The summed E-state index contributed by atoms with van der Waals surface area (Å²) in [6.45, 7) is 0.754. The van der Waals surface area contributed by atoms with Gasteiger partial charge in [-0.05, 0) is 24.5 Å². The number of rotatable bonds is 1. The van der Waals surface area contributed by atoms with Gasteiger partial charge in [0.15, 0.2) is 0 Å². The van der Waals surface area contributed by atoms with E-state index < -0.39 is 0 Å². The van der Waals surface area contributed by atoms with E-state index in [4.69, 9.17) is 5.73 Å². The van der Waals surface area contributed by atoms with E-state index in [0.29, 0.717) is 11.7 Å². The van der Waals surface area contributed by atoms with Crippen molar-refractivity contribution in [1.29, 1.82) is 0 Å². The summed E-state index contributed by atoms with van der Waals surface area (Å²) in [4.78, 5) is 13.9. The highest BCUT2D eigenvalue weighted by Crippen LogP contribution is 2.36. The second-order valence-corrected chi connectivity index (χ2v) is 4.05. The minimum Gasteiger partial charge on any atom is -0.398 e. The number of amides is 1. The molecule has 1 fully saturated rings. The van der Waals surface area contributed by atoms with Crippen LogP contribution in [0.25, 0.3) is 0 Å². The fourth-order valence-electron chi connectivity index (χ4n) is 2.09. The molecule has 1 heterocycles. The summed E-state index contributed by atoms with van der Waals surface area (Å²) in [7, 11) is 0. The molecule has 0 atom stereocenters. The number of carbonyl (C=O) groups is 1. The predicted molar refractivity (Wildman–Crippen MR) is 53.7 cm³/mol. The third kappa shape index (κ3) is 0.953. The minimum absolute atomic E-state index is 0.126. The molecule has 0 saturated heterocycles. The van der Waals surface area contributed by atoms with Crippen molar-refractivity contribution in [3.8, 4) is 0 Å². The van der Waals surface area contributed by atoms with Crippen LogP contribution in [0.2, 0.25) is 0 Å². The topological polar surface area (TPSA) is 46.3 Å². The summed E-state index contributed by atoms with van der Waals surface area (Å²) in [5, 5.41) is 0. The second-order valence-electron chi connectivity index (χ2n) is 4.05. The molecule has 3 rings (SSSR count). The van der Waals surface area contributed by atoms with E-state index in [1.54, 1.807) is 6.07 Å². The molecule has 0 bridgehead atoms. The van der Waals surface area contributed by atoms with Crippen LogP contribution in [0.15, 0.2) is 18.2 Å². The van der Waals surface area contributed by atoms with E-state index in [1.807, 2.05) is 17.0 Å². The largest absolute Gasteiger partial charge is 0.398 e. The maximum Gasteiger partial charge on any atom is 0.256 e. The van der Waals surface area contributed by atoms with E-state index in [1.165, 1.54) is 0 Å². The first kappa shape index (κ1) is 7.85. The Morgan fingerprint density at radius 3 is 2.79 bits per heavy atom. The molecule has 2 N–H and O–H groups in total. The van der Waals surface area contributed by atoms with Crippen molar-refractivity contribution in [1.82, 2.24) is 4.90 Å². The fourth-order valence-corrected chi connectivity index (χ4v) is 2.09. The molecule has 3 heteroatoms. The molecule has 1 amide bonds. The normalized spacial score (nSPS) is 20.0. The van der Waals surface area contributed by atoms with Gasteiger partial charge >= 0.3 is 0 Å². The van der Waals surface area contributed by atoms with E-state index in [0.717, 1.165) is 30.5 Å². The van der Waals surface area contributed by atoms with E-state index >= 15 is 0 Å². The zero-order chi connectivity index (χ0) is 9.71. The smallest absolute Gasteiger partial charge is 0.256 e. The monoisotopic (exact) mass is 188 g/mol. The average molecular weight is 188 g/mol. The summed E-state index contributed by atoms with van der Waals surface area (Å²) < 4.78 is 0. The maximum atomic E-state index is 11.9. The Morgan fingerprint density at radius 2 is 2.14 bits per heavy atom. The molecule has 0 radical (unpaired) electrons. The van der Waals surface area contributed by atoms with Gasteiger partial charge in [-0.3, -0.25) is 4.79 Å². The van der Waals surface area contributed by atoms with E-state index in [2.05, 4.69) is 0 Å². The molecule has 1 saturated carbocycles. The number of hydrogen-bond acceptors (Lipinski definition) is 2. The van der Waals surface area contributed by atoms with Gasteiger partial charge in [0.05, 0.1) is 5.56 Å². The lowest BCUT2D eigenvalue weighted by atomic mass is 10.1. The number of nitrogens with two attached hydrogens (primary N) is 1. The van der Waals surface area contributed by atoms with Crippen molar-refractivity contribution in [2.24, 2.45) is 0 Å². The van der Waals surface area contributed by atoms with Gasteiger partial charge in [0.25, 0.3) is 5.91 Å². The molecular formula is C11H12N2O. The summed E-state index contributed by atoms with van der Waals surface area (Å²) in [5.41, 5.74) is 8.24. The van der Waals surface area contributed by atoms with Gasteiger partial charge < -0.3 is 10.6 Å². The Balaban J connectivity index is 2.06. The van der Waals surface area contributed by atoms with Crippen LogP contribution in [0, 0.1) is 0 Å². The van der Waals surface area contributed by atoms with Crippen molar-refractivity contribution >= 4 is 11.6 Å². The minimum atomic E-state index is 0.126. The number of benzene rings is 1. The van der Waals surface area contributed by atoms with Gasteiger partial charge in [0, 0.05) is 18.3 Å². The molecule has 1 aromatic carbocycles. The summed E-state index contributed by atoms with van der Waals surface area (Å²) in [6.07, 6.45) is 2.30. The molecule has 72 valence electrons. The number of anilines is 1. The van der Waals surface area contributed by atoms with Crippen molar-refractivity contribution in [3.63, 3.8) is 0 Å². The van der Waals surface area contributed by atoms with Crippen LogP contribution < -0.4 is 5.73 Å². The average Bonchev–Trinajstić information content (AvgIpc) is 2.93. The highest BCUT2D eigenvalue weighted by atomic mass is 16.2. The lowest BCUT2D eigenvalue weighted by Crippen LogP contribution is -2.26. The first-order valence-electron chi connectivity index (χ1n) is 4.95. The molecule has 0 spiro atoms. The molecule has 14 heavy (non-hydrogen) atoms. The van der Waals surface area contributed by atoms with Crippen LogP contribution in [0.4, 0.5) is 5.69 Å². The molecule has 2 aliphatic rings. The van der Waals surface area contributed by atoms with Crippen molar-refractivity contribution in [2.45, 2.75) is 25.4 Å². The summed E-state index contributed by atoms with van der Waals surface area (Å²) in [5.74, 6) is 0.126. The predicted octanol–water partition coefficient (Wildman–Crippen LogP) is 1.39. The van der Waals surface area contributed by atoms with Gasteiger partial charge in [0.1, 0.15) is 0 Å². The number of fused-ring (bicyclic) bond motifs is 1. The standard InChI is InChI=1S/C11H12N2O/c12-9-3-1-2-7-6-13(8-4-5-8)11(14)10(7)9/h1-3,8H,4-6,12H2. The molecule has 1 aliphatic carbocycles. The highest BCUT2D eigenvalue weighted by molar-refractivity contribution is 6.03. The zero-order valence-electron chi connectivity index (χ0n) is 7.86. The maximum absolute atomic E-state index is 11.9. The van der Waals surface area contributed by atoms with Gasteiger partial charge in [-0.25, -0.2) is 0 Å². The van der Waals surface area contributed by atoms with E-state index in [9.17, 15) is 4.79 Å². The van der Waals surface area contributed by atoms with Crippen LogP contribution in [0.1, 0.15) is 28.8 Å². The molecule has 1 aliphatic heterocycles. The lowest BCUT2D eigenvalue weighted by Gasteiger charge is -2.13. The lowest BCUT2D eigenvalue weighted by molar-refractivity contribution is 0.0767. The Bertz CT molecular complexity index is 410. The Labute approximate surface area is 82.5 Å². The third-order valence-corrected chi connectivity index (χ3v) is 2.99. The van der Waals surface area contributed by atoms with Crippen molar-refractivity contribution < 1.29 is 4.79 Å². The van der Waals surface area contributed by atoms with Gasteiger partial charge in [-0.15, -0.1) is 0 Å². The Hall–Kier alpha value is -1.51. The third-order valence-electron chi connectivity index (χ3n) is 2.99. The van der Waals surface area contributed by atoms with Crippen LogP contribution in [0.3, 0.4) is 0 Å². The van der Waals surface area contributed by atoms with E-state index in [-0.39, 0.29) is 5.91 Å². The van der Waals surface area contributed by atoms with Crippen LogP contribution >= 0.6 is 0 Å². The molecule has 1 aromatic rings. The first-order chi connectivity index (χ1) is 6.77. The summed E-state index contributed by atoms with van der Waals surface area (Å²) >= 11 is 0. The first-order valence-corrected chi connectivity index (χ1v) is 4.95. The van der Waals surface area contributed by atoms with Gasteiger partial charge in [-0.2, -0.15) is 0 Å². The number of nitrogen functional groups attached to an aromatic ring is 1. The molecule has 3 nitrogen and oxygen atoms in total. The van der Waals surface area contributed by atoms with Crippen LogP contribution in [-0.4, -0.2) is 16.8 Å². The number of nitrogens with zero attached hydrogens (tertiary/aromatic N) is 1. The zero-order valence-corrected chi connectivity index (χ0v) is 7.86. The SMILES string of the molecule is Nc1cccc2c1C(=O)N(C1CC1)C2. The van der Waals surface area contributed by atoms with Crippen molar-refractivity contribution in [2.75, 3.05) is 5.73 Å². The van der Waals surface area contributed by atoms with Crippen molar-refractivity contribution in [3.05, 3.63) is 29.3 Å². The van der Waals surface area contributed by atoms with Crippen LogP contribution in [-0.2, 0) is 6.54 Å². The summed E-state index contributed by atoms with van der Waals surface area (Å²) in [6, 6.07) is 6.19. The Morgan fingerprint density at radius 1 is 1.36 bits per heavy atom. The highest BCUT2D eigenvalue weighted by Gasteiger charge is 2.38. The van der Waals surface area contributed by atoms with Gasteiger partial charge in [-0.1, -0.05) is 12.1 Å². The van der Waals surface area contributed by atoms with Crippen LogP contribution in [0.5, 0.6) is 0 Å². The molecule has 0 unspecified atom stereocenters. The number of carbonyl (C=O) groups excluding carboxylic acids is 1. The Kier molecular flexibility index (Phi) is 1.40. The molecule has 0 aromatic heterocycles. The quantitative estimate of drug-likeness (QED) is 0.677. The fraction of sp³-hybridized carbons (Fsp3) is 0.364. The second kappa shape index (κ2) is 2.50. The number of hydrogen-bond donors (Lipinski definition) is 1.